The van der Waals surface area contributed by atoms with E-state index >= 15 is 0 Å². The third-order valence-electron chi connectivity index (χ3n) is 20.9. The van der Waals surface area contributed by atoms with Gasteiger partial charge in [0.25, 0.3) is 17.7 Å². The molecule has 0 aliphatic carbocycles. The van der Waals surface area contributed by atoms with Gasteiger partial charge in [-0.25, -0.2) is 28.5 Å². The van der Waals surface area contributed by atoms with Gasteiger partial charge in [-0.2, -0.15) is 15.3 Å². The standard InChI is InChI=1S/C29H27N7O2.C28H27N7O.C27H25N7O/c1-20-10-25(7-6-23(20)15-34-16-29(17-34)18-35(19-29)21(2)37)33-28(38)24-11-22(12-30-13-24)5-8-26-14-31-27-4-3-9-32-36(26)27;1-20-10-24(7-6-22(20)15-34-18-28(19-34)16-33(2)17-28)32-27(36)23-11-21(12-29-13-23)5-8-25-14-30-26-4-3-9-31-35(25)26;1-19-9-23(6-5-21(19)14-33-17-27(18-33)15-29-16-27)32-26(35)22-10-20(11-28-12-22)4-7-24-13-30-25-3-2-8-31-34(24)25/h3-4,6-7,9-14H,15-19H2,1-2H3,(H,33,38);3-4,6-7,9-14H,15-19H2,1-2H3,(H,32,36);2-3,5-6,8-13,29H,14-18H2,1H3,(H,32,35). The average Bonchev–Trinajstić information content (AvgIpc) is 1.10. The molecule has 0 atom stereocenters. The number of carbonyl (C=O) groups excluding carboxylic acids is 4. The van der Waals surface area contributed by atoms with E-state index in [4.69, 9.17) is 0 Å². The Balaban J connectivity index is 0.000000125. The van der Waals surface area contributed by atoms with Gasteiger partial charge in [-0.15, -0.1) is 0 Å². The third-order valence-corrected chi connectivity index (χ3v) is 20.9. The lowest BCUT2D eigenvalue weighted by atomic mass is 9.72. The lowest BCUT2D eigenvalue weighted by Gasteiger charge is -2.60. The van der Waals surface area contributed by atoms with Crippen LogP contribution in [0.4, 0.5) is 17.1 Å². The van der Waals surface area contributed by atoms with Crippen LogP contribution >= 0.6 is 0 Å². The van der Waals surface area contributed by atoms with E-state index in [1.807, 2.05) is 77.7 Å². The fourth-order valence-electron chi connectivity index (χ4n) is 15.5. The number of hydrogen-bond acceptors (Lipinski definition) is 18. The van der Waals surface area contributed by atoms with Gasteiger partial charge in [0.2, 0.25) is 5.91 Å². The van der Waals surface area contributed by atoms with E-state index in [1.165, 1.54) is 60.2 Å². The van der Waals surface area contributed by atoms with Crippen molar-refractivity contribution in [2.75, 3.05) is 102 Å². The first-order valence-electron chi connectivity index (χ1n) is 36.2. The van der Waals surface area contributed by atoms with E-state index in [0.717, 1.165) is 112 Å². The number of nitrogens with zero attached hydrogens (tertiary/aromatic N) is 17. The Labute approximate surface area is 630 Å². The summed E-state index contributed by atoms with van der Waals surface area (Å²) < 4.78 is 5.01. The number of fused-ring (bicyclic) bond motifs is 3. The number of anilines is 3. The zero-order valence-electron chi connectivity index (χ0n) is 61.2. The molecular formula is C84H79N21O4. The van der Waals surface area contributed by atoms with Gasteiger partial charge < -0.3 is 31.1 Å². The Morgan fingerprint density at radius 2 is 0.752 bits per heavy atom. The van der Waals surface area contributed by atoms with Crippen molar-refractivity contribution < 1.29 is 19.2 Å². The minimum atomic E-state index is -0.241. The molecule has 0 unspecified atom stereocenters. The van der Waals surface area contributed by atoms with Crippen LogP contribution in [0, 0.1) is 72.5 Å². The topological polar surface area (TPSA) is 262 Å². The summed E-state index contributed by atoms with van der Waals surface area (Å²) in [5.74, 6) is 17.8. The van der Waals surface area contributed by atoms with E-state index in [2.05, 4.69) is 168 Å². The number of amides is 4. The molecule has 3 spiro atoms. The largest absolute Gasteiger partial charge is 0.341 e. The Kier molecular flexibility index (Phi) is 19.4. The number of benzene rings is 3. The Bertz CT molecular complexity index is 5730. The van der Waals surface area contributed by atoms with Crippen molar-refractivity contribution in [1.82, 2.24) is 88.6 Å². The lowest BCUT2D eigenvalue weighted by molar-refractivity contribution is -0.157. The van der Waals surface area contributed by atoms with E-state index in [1.54, 1.807) is 107 Å². The van der Waals surface area contributed by atoms with Crippen molar-refractivity contribution in [3.63, 3.8) is 0 Å². The smallest absolute Gasteiger partial charge is 0.257 e. The molecule has 25 heteroatoms. The summed E-state index contributed by atoms with van der Waals surface area (Å²) in [7, 11) is 2.19. The summed E-state index contributed by atoms with van der Waals surface area (Å²) in [6.45, 7) is 23.9. The van der Waals surface area contributed by atoms with Crippen LogP contribution in [0.15, 0.2) is 184 Å². The second-order valence-corrected chi connectivity index (χ2v) is 29.8. The maximum atomic E-state index is 12.9. The molecule has 3 aromatic carbocycles. The first-order valence-corrected chi connectivity index (χ1v) is 36.2. The van der Waals surface area contributed by atoms with E-state index in [9.17, 15) is 19.2 Å². The molecule has 0 radical (unpaired) electrons. The fraction of sp³-hybridized carbons (Fsp3) is 0.274. The van der Waals surface area contributed by atoms with Crippen molar-refractivity contribution >= 4 is 57.6 Å². The number of aryl methyl sites for hydroxylation is 3. The molecule has 0 saturated carbocycles. The molecule has 9 aromatic heterocycles. The molecule has 6 aliphatic heterocycles. The number of imidazole rings is 3. The molecule has 6 saturated heterocycles. The van der Waals surface area contributed by atoms with Gasteiger partial charge in [0.1, 0.15) is 17.1 Å². The van der Waals surface area contributed by atoms with E-state index < -0.39 is 0 Å². The highest BCUT2D eigenvalue weighted by atomic mass is 16.2. The van der Waals surface area contributed by atoms with E-state index in [0.29, 0.717) is 66.7 Å². The Morgan fingerprint density at radius 3 is 1.06 bits per heavy atom. The monoisotopic (exact) mass is 1450 g/mol. The molecular weight excluding hydrogens is 1370 g/mol. The number of pyridine rings is 3. The molecule has 18 rings (SSSR count). The van der Waals surface area contributed by atoms with E-state index in [-0.39, 0.29) is 23.6 Å². The van der Waals surface area contributed by atoms with Gasteiger partial charge in [0, 0.05) is 211 Å². The summed E-state index contributed by atoms with van der Waals surface area (Å²) in [6, 6.07) is 34.5. The number of likely N-dealkylation sites (tertiary alicyclic amines) is 5. The van der Waals surface area contributed by atoms with Gasteiger partial charge in [-0.1, -0.05) is 36.0 Å². The summed E-state index contributed by atoms with van der Waals surface area (Å²) in [6.07, 6.45) is 19.6. The van der Waals surface area contributed by atoms with Crippen LogP contribution in [0.5, 0.6) is 0 Å². The zero-order valence-corrected chi connectivity index (χ0v) is 61.2. The zero-order chi connectivity index (χ0) is 74.8. The van der Waals surface area contributed by atoms with Crippen LogP contribution in [0.2, 0.25) is 0 Å². The number of aromatic nitrogens is 12. The summed E-state index contributed by atoms with van der Waals surface area (Å²) >= 11 is 0. The van der Waals surface area contributed by atoms with Crippen LogP contribution in [0.3, 0.4) is 0 Å². The van der Waals surface area contributed by atoms with Crippen LogP contribution < -0.4 is 21.3 Å². The number of nitrogens with one attached hydrogen (secondary N) is 4. The number of hydrogen-bond donors (Lipinski definition) is 4. The summed E-state index contributed by atoms with van der Waals surface area (Å²) in [5, 5.41) is 25.1. The van der Waals surface area contributed by atoms with Crippen molar-refractivity contribution in [1.29, 1.82) is 0 Å². The second-order valence-electron chi connectivity index (χ2n) is 29.8. The minimum Gasteiger partial charge on any atom is -0.341 e. The average molecular weight is 1450 g/mol. The normalized spacial score (nSPS) is 16.3. The minimum absolute atomic E-state index is 0.166. The Morgan fingerprint density at radius 1 is 0.413 bits per heavy atom. The van der Waals surface area contributed by atoms with Gasteiger partial charge in [0.15, 0.2) is 16.9 Å². The summed E-state index contributed by atoms with van der Waals surface area (Å²) in [5.41, 5.74) is 18.4. The lowest BCUT2D eigenvalue weighted by Crippen LogP contribution is -2.72. The predicted octanol–water partition coefficient (Wildman–Crippen LogP) is 8.07. The molecule has 25 nitrogen and oxygen atoms in total. The molecule has 109 heavy (non-hydrogen) atoms. The predicted molar refractivity (Wildman–Crippen MR) is 413 cm³/mol. The van der Waals surface area contributed by atoms with Crippen LogP contribution in [-0.4, -0.2) is 192 Å². The highest BCUT2D eigenvalue weighted by molar-refractivity contribution is 6.05. The first kappa shape index (κ1) is 70.6. The molecule has 6 fully saturated rings. The van der Waals surface area contributed by atoms with Crippen molar-refractivity contribution in [2.24, 2.45) is 16.2 Å². The highest BCUT2D eigenvalue weighted by Gasteiger charge is 2.53. The molecule has 6 aliphatic rings. The second kappa shape index (κ2) is 29.9. The van der Waals surface area contributed by atoms with Gasteiger partial charge >= 0.3 is 0 Å². The fourth-order valence-corrected chi connectivity index (χ4v) is 15.5. The number of rotatable bonds is 12. The molecule has 15 heterocycles. The van der Waals surface area contributed by atoms with Gasteiger partial charge in [-0.05, 0) is 170 Å². The Hall–Kier alpha value is -12.7. The molecule has 0 bridgehead atoms. The van der Waals surface area contributed by atoms with Gasteiger partial charge in [0.05, 0.1) is 35.3 Å². The van der Waals surface area contributed by atoms with Crippen LogP contribution in [0.25, 0.3) is 16.9 Å². The van der Waals surface area contributed by atoms with Crippen molar-refractivity contribution in [3.05, 3.63) is 267 Å². The highest BCUT2D eigenvalue weighted by Crippen LogP contribution is 2.42. The third kappa shape index (κ3) is 15.8. The van der Waals surface area contributed by atoms with Crippen molar-refractivity contribution in [2.45, 2.75) is 47.3 Å². The SMILES string of the molecule is CC(=O)N1CC2(CN(Cc3ccc(NC(=O)c4cncc(C#Cc5cnc6cccnn56)c4)cc3C)C2)C1.Cc1cc(NC(=O)c2cncc(C#Cc3cnc4cccnn34)c2)ccc1CN1CC2(CN(C)C2)C1.Cc1cc(NC(=O)c2cncc(C#Cc3cnc4cccnn34)c2)ccc1CN1CC2(CNC2)C1. The summed E-state index contributed by atoms with van der Waals surface area (Å²) in [4.78, 5) is 87.4. The molecule has 4 amide bonds. The van der Waals surface area contributed by atoms with Gasteiger partial charge in [-0.3, -0.25) is 48.8 Å². The molecule has 12 aromatic rings. The first-order chi connectivity index (χ1) is 52.9. The quantitative estimate of drug-likeness (QED) is 0.0843. The van der Waals surface area contributed by atoms with Crippen molar-refractivity contribution in [3.8, 4) is 35.5 Å². The maximum Gasteiger partial charge on any atom is 0.257 e. The maximum absolute atomic E-state index is 12.9. The van der Waals surface area contributed by atoms with Crippen LogP contribution in [-0.2, 0) is 24.4 Å². The number of carbonyl (C=O) groups is 4. The molecule has 4 N–H and O–H groups in total. The van der Waals surface area contributed by atoms with Crippen LogP contribution in [0.1, 0.15) is 105 Å². The molecule has 544 valence electrons.